The van der Waals surface area contributed by atoms with Crippen LogP contribution in [-0.4, -0.2) is 139 Å². The van der Waals surface area contributed by atoms with Crippen molar-refractivity contribution in [2.45, 2.75) is 140 Å². The first-order valence-corrected chi connectivity index (χ1v) is 21.0. The molecule has 1 aromatic rings. The Kier molecular flexibility index (Phi) is 16.7. The minimum absolute atomic E-state index is 0.0332. The number of likely N-dealkylation sites (tertiary alicyclic amines) is 1. The third kappa shape index (κ3) is 13.9. The Morgan fingerprint density at radius 1 is 0.948 bits per heavy atom. The van der Waals surface area contributed by atoms with E-state index < -0.39 is 84.3 Å². The van der Waals surface area contributed by atoms with E-state index in [1.807, 2.05) is 6.07 Å². The fraction of sp³-hybridized carbons (Fsp3) is 0.714. The molecule has 3 heterocycles. The van der Waals surface area contributed by atoms with E-state index in [2.05, 4.69) is 20.9 Å². The molecule has 4 fully saturated rings. The molecule has 322 valence electrons. The summed E-state index contributed by atoms with van der Waals surface area (Å²) in [5.74, 6) is -3.38. The van der Waals surface area contributed by atoms with E-state index in [0.717, 1.165) is 37.7 Å². The van der Waals surface area contributed by atoms with E-state index in [1.54, 1.807) is 45.0 Å². The van der Waals surface area contributed by atoms with Gasteiger partial charge in [-0.1, -0.05) is 62.4 Å². The second kappa shape index (κ2) is 21.6. The van der Waals surface area contributed by atoms with Crippen molar-refractivity contribution in [3.8, 4) is 0 Å². The van der Waals surface area contributed by atoms with Gasteiger partial charge in [0.05, 0.1) is 19.3 Å². The lowest BCUT2D eigenvalue weighted by Crippen LogP contribution is -2.60. The molecular weight excluding hydrogens is 750 g/mol. The zero-order valence-corrected chi connectivity index (χ0v) is 34.3. The predicted octanol–water partition coefficient (Wildman–Crippen LogP) is 2.39. The standard InChI is InChI=1S/C42H63N5O11/c1-42(2,3)58-41(54)47-19-11-17-34(47)39(52)44-32(25-29-14-8-5-9-15-29)37(50)45-33-27-56-35(48)18-10-16-30(26-46-20-22-55-23-21-46)57-40(53)36(49)31(43-38(33)51)24-28-12-6-4-7-13-28/h5,8-9,14-15,28,30-34,36,49H,4,6-7,10-13,16-27H2,1-3H3,(H,43,51)(H,44,52)(H,45,50)/t30-,31+,32+,33+,34+,36-/m1/s1. The van der Waals surface area contributed by atoms with Crippen LogP contribution in [-0.2, 0) is 49.3 Å². The summed E-state index contributed by atoms with van der Waals surface area (Å²) < 4.78 is 22.5. The Balaban J connectivity index is 1.35. The number of amides is 4. The SMILES string of the molecule is CC(C)(C)OC(=O)N1CCC[C@H]1C(=O)N[C@@H](Cc1ccccc1)C(=O)N[C@H]1COC(=O)CCC[C@H](CN2CCOCC2)OC(=O)[C@H](O)[C@H](CC2CCCCC2)NC1=O. The molecule has 0 bridgehead atoms. The molecular formula is C42H63N5O11. The van der Waals surface area contributed by atoms with Gasteiger partial charge in [0.15, 0.2) is 6.10 Å². The van der Waals surface area contributed by atoms with Gasteiger partial charge in [0.2, 0.25) is 17.7 Å². The number of hydrogen-bond donors (Lipinski definition) is 4. The van der Waals surface area contributed by atoms with Crippen LogP contribution in [0.4, 0.5) is 4.79 Å². The minimum atomic E-state index is -1.69. The molecule has 0 spiro atoms. The fourth-order valence-corrected chi connectivity index (χ4v) is 8.07. The van der Waals surface area contributed by atoms with Gasteiger partial charge in [-0.2, -0.15) is 0 Å². The zero-order valence-electron chi connectivity index (χ0n) is 34.3. The number of cyclic esters (lactones) is 2. The average Bonchev–Trinajstić information content (AvgIpc) is 3.70. The summed E-state index contributed by atoms with van der Waals surface area (Å²) in [6, 6.07) is 4.44. The van der Waals surface area contributed by atoms with Gasteiger partial charge in [0, 0.05) is 39.0 Å². The molecule has 4 N–H and O–H groups in total. The van der Waals surface area contributed by atoms with E-state index in [9.17, 15) is 33.9 Å². The predicted molar refractivity (Wildman–Crippen MR) is 211 cm³/mol. The van der Waals surface area contributed by atoms with Crippen LogP contribution < -0.4 is 16.0 Å². The van der Waals surface area contributed by atoms with Crippen molar-refractivity contribution in [2.75, 3.05) is 46.0 Å². The highest BCUT2D eigenvalue weighted by Crippen LogP contribution is 2.29. The van der Waals surface area contributed by atoms with Crippen molar-refractivity contribution in [3.05, 3.63) is 35.9 Å². The summed E-state index contributed by atoms with van der Waals surface area (Å²) in [5.41, 5.74) is -0.0507. The first-order valence-electron chi connectivity index (χ1n) is 21.0. The molecule has 1 aliphatic carbocycles. The number of aliphatic hydroxyl groups excluding tert-OH is 1. The largest absolute Gasteiger partial charge is 0.463 e. The molecule has 1 saturated carbocycles. The van der Waals surface area contributed by atoms with Gasteiger partial charge in [-0.3, -0.25) is 29.0 Å². The number of ether oxygens (including phenoxy) is 4. The van der Waals surface area contributed by atoms with Crippen molar-refractivity contribution < 1.29 is 52.8 Å². The monoisotopic (exact) mass is 813 g/mol. The Morgan fingerprint density at radius 3 is 2.38 bits per heavy atom. The Hall–Kier alpha value is -4.28. The number of carbonyl (C=O) groups is 6. The zero-order chi connectivity index (χ0) is 41.7. The van der Waals surface area contributed by atoms with Crippen LogP contribution >= 0.6 is 0 Å². The van der Waals surface area contributed by atoms with Gasteiger partial charge >= 0.3 is 18.0 Å². The lowest BCUT2D eigenvalue weighted by atomic mass is 9.83. The van der Waals surface area contributed by atoms with Crippen molar-refractivity contribution in [1.29, 1.82) is 0 Å². The van der Waals surface area contributed by atoms with E-state index >= 15 is 0 Å². The van der Waals surface area contributed by atoms with Crippen molar-refractivity contribution in [2.24, 2.45) is 5.92 Å². The Labute approximate surface area is 341 Å². The molecule has 1 aromatic carbocycles. The van der Waals surface area contributed by atoms with E-state index in [-0.39, 0.29) is 18.8 Å². The number of aliphatic hydroxyl groups is 1. The first-order chi connectivity index (χ1) is 27.8. The summed E-state index contributed by atoms with van der Waals surface area (Å²) in [4.78, 5) is 85.3. The third-order valence-corrected chi connectivity index (χ3v) is 11.2. The third-order valence-electron chi connectivity index (χ3n) is 11.2. The van der Waals surface area contributed by atoms with Crippen LogP contribution in [0, 0.1) is 5.92 Å². The van der Waals surface area contributed by atoms with Crippen LogP contribution in [0.5, 0.6) is 0 Å². The highest BCUT2D eigenvalue weighted by Gasteiger charge is 2.40. The number of benzene rings is 1. The maximum Gasteiger partial charge on any atom is 0.410 e. The molecule has 3 saturated heterocycles. The molecule has 0 aromatic heterocycles. The van der Waals surface area contributed by atoms with Crippen molar-refractivity contribution in [3.63, 3.8) is 0 Å². The van der Waals surface area contributed by atoms with Gasteiger partial charge in [0.25, 0.3) is 0 Å². The van der Waals surface area contributed by atoms with Crippen LogP contribution in [0.1, 0.15) is 97.0 Å². The topological polar surface area (TPSA) is 202 Å². The van der Waals surface area contributed by atoms with Crippen LogP contribution in [0.2, 0.25) is 0 Å². The van der Waals surface area contributed by atoms with Gasteiger partial charge in [0.1, 0.15) is 36.4 Å². The minimum Gasteiger partial charge on any atom is -0.463 e. The normalized spacial score (nSPS) is 26.7. The summed E-state index contributed by atoms with van der Waals surface area (Å²) in [6.45, 7) is 7.84. The second-order valence-corrected chi connectivity index (χ2v) is 17.0. The number of nitrogens with zero attached hydrogens (tertiary/aromatic N) is 2. The van der Waals surface area contributed by atoms with Gasteiger partial charge in [-0.15, -0.1) is 0 Å². The number of morpholine rings is 1. The smallest absolute Gasteiger partial charge is 0.410 e. The highest BCUT2D eigenvalue weighted by atomic mass is 16.6. The van der Waals surface area contributed by atoms with E-state index in [0.29, 0.717) is 71.5 Å². The molecule has 5 rings (SSSR count). The molecule has 16 nitrogen and oxygen atoms in total. The number of carbonyl (C=O) groups excluding carboxylic acids is 6. The number of nitrogens with one attached hydrogen (secondary N) is 3. The van der Waals surface area contributed by atoms with Crippen LogP contribution in [0.3, 0.4) is 0 Å². The Morgan fingerprint density at radius 2 is 1.67 bits per heavy atom. The second-order valence-electron chi connectivity index (χ2n) is 17.0. The maximum atomic E-state index is 14.2. The van der Waals surface area contributed by atoms with Gasteiger partial charge < -0.3 is 40.0 Å². The van der Waals surface area contributed by atoms with Crippen LogP contribution in [0.25, 0.3) is 0 Å². The molecule has 4 aliphatic rings. The van der Waals surface area contributed by atoms with Gasteiger partial charge in [-0.25, -0.2) is 9.59 Å². The molecule has 58 heavy (non-hydrogen) atoms. The molecule has 0 radical (unpaired) electrons. The summed E-state index contributed by atoms with van der Waals surface area (Å²) >= 11 is 0. The summed E-state index contributed by atoms with van der Waals surface area (Å²) in [7, 11) is 0. The molecule has 0 unspecified atom stereocenters. The lowest BCUT2D eigenvalue weighted by molar-refractivity contribution is -0.163. The molecule has 3 aliphatic heterocycles. The van der Waals surface area contributed by atoms with Crippen molar-refractivity contribution >= 4 is 35.8 Å². The van der Waals surface area contributed by atoms with E-state index in [1.165, 1.54) is 4.90 Å². The summed E-state index contributed by atoms with van der Waals surface area (Å²) in [5, 5.41) is 19.8. The number of esters is 2. The number of hydrogen-bond acceptors (Lipinski definition) is 12. The number of rotatable bonds is 10. The molecule has 16 heteroatoms. The average molecular weight is 814 g/mol. The quantitative estimate of drug-likeness (QED) is 0.199. The molecule has 4 amide bonds. The first kappa shape index (κ1) is 44.8. The van der Waals surface area contributed by atoms with Crippen LogP contribution in [0.15, 0.2) is 30.3 Å². The van der Waals surface area contributed by atoms with Gasteiger partial charge in [-0.05, 0) is 64.4 Å². The summed E-state index contributed by atoms with van der Waals surface area (Å²) in [6.07, 6.45) is 3.81. The Bertz CT molecular complexity index is 1540. The van der Waals surface area contributed by atoms with Crippen molar-refractivity contribution in [1.82, 2.24) is 25.8 Å². The fourth-order valence-electron chi connectivity index (χ4n) is 8.07. The highest BCUT2D eigenvalue weighted by molar-refractivity contribution is 5.94. The maximum absolute atomic E-state index is 14.2. The van der Waals surface area contributed by atoms with E-state index in [4.69, 9.17) is 18.9 Å². The molecule has 6 atom stereocenters. The lowest BCUT2D eigenvalue weighted by Gasteiger charge is -2.33.